The monoisotopic (exact) mass is 306 g/mol. The summed E-state index contributed by atoms with van der Waals surface area (Å²) in [6, 6.07) is 23.0. The predicted octanol–water partition coefficient (Wildman–Crippen LogP) is 3.97. The first kappa shape index (κ1) is 14.2. The Balaban J connectivity index is 1.69. The lowest BCUT2D eigenvalue weighted by atomic mass is 10.1. The number of carbonyl (C=O) groups excluding carboxylic acids is 1. The molecule has 3 nitrogen and oxygen atoms in total. The van der Waals surface area contributed by atoms with Gasteiger partial charge in [0.2, 0.25) is 0 Å². The number of benzene rings is 3. The molecule has 3 aromatic carbocycles. The molecule has 0 saturated carbocycles. The zero-order valence-electron chi connectivity index (χ0n) is 11.7. The molecule has 0 heterocycles. The molecule has 0 aliphatic rings. The lowest BCUT2D eigenvalue weighted by molar-refractivity contribution is 0.0978. The molecule has 108 valence electrons. The molecule has 0 aromatic heterocycles. The first-order valence-corrected chi connectivity index (χ1v) is 7.29. The van der Waals surface area contributed by atoms with Gasteiger partial charge in [-0.1, -0.05) is 48.5 Å². The molecule has 1 amide bonds. The summed E-state index contributed by atoms with van der Waals surface area (Å²) >= 11 is 5.19. The van der Waals surface area contributed by atoms with Gasteiger partial charge < -0.3 is 5.32 Å². The third kappa shape index (κ3) is 3.30. The fraction of sp³-hybridized carbons (Fsp3) is 0. The fourth-order valence-electron chi connectivity index (χ4n) is 2.19. The highest BCUT2D eigenvalue weighted by Crippen LogP contribution is 2.18. The van der Waals surface area contributed by atoms with Crippen LogP contribution in [-0.2, 0) is 0 Å². The van der Waals surface area contributed by atoms with Gasteiger partial charge in [-0.3, -0.25) is 10.1 Å². The van der Waals surface area contributed by atoms with Crippen LogP contribution in [0, 0.1) is 0 Å². The van der Waals surface area contributed by atoms with Crippen LogP contribution in [-0.4, -0.2) is 11.0 Å². The summed E-state index contributed by atoms with van der Waals surface area (Å²) in [5.41, 5.74) is 1.42. The molecular formula is C18H14N2OS. The molecule has 3 rings (SSSR count). The maximum Gasteiger partial charge on any atom is 0.257 e. The normalized spacial score (nSPS) is 10.2. The molecule has 3 aromatic rings. The molecule has 4 heteroatoms. The second-order valence-electron chi connectivity index (χ2n) is 4.84. The van der Waals surface area contributed by atoms with Gasteiger partial charge in [-0.25, -0.2) is 0 Å². The predicted molar refractivity (Wildman–Crippen MR) is 94.1 cm³/mol. The third-order valence-electron chi connectivity index (χ3n) is 3.27. The van der Waals surface area contributed by atoms with Gasteiger partial charge in [0.15, 0.2) is 5.11 Å². The lowest BCUT2D eigenvalue weighted by Crippen LogP contribution is -2.34. The standard InChI is InChI=1S/C18H14N2OS/c21-17(14-7-2-1-3-8-14)20-18(22)19-16-11-10-13-6-4-5-9-15(13)12-16/h1-12H,(H2,19,20,21,22). The van der Waals surface area contributed by atoms with Crippen LogP contribution in [0.2, 0.25) is 0 Å². The number of rotatable bonds is 2. The van der Waals surface area contributed by atoms with E-state index in [0.717, 1.165) is 16.5 Å². The number of fused-ring (bicyclic) bond motifs is 1. The third-order valence-corrected chi connectivity index (χ3v) is 3.47. The summed E-state index contributed by atoms with van der Waals surface area (Å²) in [5.74, 6) is -0.223. The molecule has 0 saturated heterocycles. The van der Waals surface area contributed by atoms with Crippen molar-refractivity contribution in [3.8, 4) is 0 Å². The summed E-state index contributed by atoms with van der Waals surface area (Å²) in [7, 11) is 0. The van der Waals surface area contributed by atoms with Crippen molar-refractivity contribution in [2.45, 2.75) is 0 Å². The van der Waals surface area contributed by atoms with Gasteiger partial charge in [0.25, 0.3) is 5.91 Å². The van der Waals surface area contributed by atoms with Gasteiger partial charge in [0, 0.05) is 11.3 Å². The molecule has 0 spiro atoms. The minimum absolute atomic E-state index is 0.223. The summed E-state index contributed by atoms with van der Waals surface area (Å²) in [6.45, 7) is 0. The van der Waals surface area contributed by atoms with E-state index in [1.54, 1.807) is 12.1 Å². The maximum atomic E-state index is 12.0. The number of anilines is 1. The van der Waals surface area contributed by atoms with E-state index in [0.29, 0.717) is 5.56 Å². The van der Waals surface area contributed by atoms with Crippen LogP contribution in [0.15, 0.2) is 72.8 Å². The van der Waals surface area contributed by atoms with E-state index >= 15 is 0 Å². The first-order valence-electron chi connectivity index (χ1n) is 6.88. The highest BCUT2D eigenvalue weighted by Gasteiger charge is 2.07. The molecule has 0 radical (unpaired) electrons. The van der Waals surface area contributed by atoms with Crippen LogP contribution in [0.25, 0.3) is 10.8 Å². The highest BCUT2D eigenvalue weighted by atomic mass is 32.1. The van der Waals surface area contributed by atoms with Crippen molar-refractivity contribution in [1.82, 2.24) is 5.32 Å². The van der Waals surface area contributed by atoms with Gasteiger partial charge in [0.05, 0.1) is 0 Å². The smallest absolute Gasteiger partial charge is 0.257 e. The average molecular weight is 306 g/mol. The van der Waals surface area contributed by atoms with Gasteiger partial charge in [-0.2, -0.15) is 0 Å². The highest BCUT2D eigenvalue weighted by molar-refractivity contribution is 7.80. The summed E-state index contributed by atoms with van der Waals surface area (Å²) in [5, 5.41) is 8.26. The Morgan fingerprint density at radius 1 is 0.818 bits per heavy atom. The quantitative estimate of drug-likeness (QED) is 0.704. The Bertz CT molecular complexity index is 831. The molecule has 0 aliphatic carbocycles. The average Bonchev–Trinajstić information content (AvgIpc) is 2.55. The van der Waals surface area contributed by atoms with Crippen LogP contribution in [0.1, 0.15) is 10.4 Å². The molecule has 0 fully saturated rings. The number of carbonyl (C=O) groups is 1. The van der Waals surface area contributed by atoms with E-state index in [1.165, 1.54) is 0 Å². The SMILES string of the molecule is O=C(NC(=S)Nc1ccc2ccccc2c1)c1ccccc1. The van der Waals surface area contributed by atoms with Crippen molar-refractivity contribution < 1.29 is 4.79 Å². The van der Waals surface area contributed by atoms with E-state index in [4.69, 9.17) is 12.2 Å². The van der Waals surface area contributed by atoms with E-state index in [9.17, 15) is 4.79 Å². The van der Waals surface area contributed by atoms with Crippen molar-refractivity contribution >= 4 is 39.7 Å². The zero-order chi connectivity index (χ0) is 15.4. The van der Waals surface area contributed by atoms with Gasteiger partial charge in [-0.05, 0) is 47.3 Å². The van der Waals surface area contributed by atoms with E-state index in [-0.39, 0.29) is 11.0 Å². The molecule has 0 atom stereocenters. The van der Waals surface area contributed by atoms with Crippen LogP contribution >= 0.6 is 12.2 Å². The number of hydrogen-bond donors (Lipinski definition) is 2. The lowest BCUT2D eigenvalue weighted by Gasteiger charge is -2.10. The zero-order valence-corrected chi connectivity index (χ0v) is 12.6. The van der Waals surface area contributed by atoms with E-state index in [2.05, 4.69) is 16.7 Å². The van der Waals surface area contributed by atoms with Crippen molar-refractivity contribution in [3.63, 3.8) is 0 Å². The minimum Gasteiger partial charge on any atom is -0.332 e. The topological polar surface area (TPSA) is 41.1 Å². The molecule has 0 unspecified atom stereocenters. The van der Waals surface area contributed by atoms with E-state index < -0.39 is 0 Å². The molecule has 2 N–H and O–H groups in total. The number of nitrogens with one attached hydrogen (secondary N) is 2. The number of thiocarbonyl (C=S) groups is 1. The summed E-state index contributed by atoms with van der Waals surface area (Å²) < 4.78 is 0. The summed E-state index contributed by atoms with van der Waals surface area (Å²) in [6.07, 6.45) is 0. The van der Waals surface area contributed by atoms with Crippen LogP contribution in [0.3, 0.4) is 0 Å². The Morgan fingerprint density at radius 3 is 2.27 bits per heavy atom. The largest absolute Gasteiger partial charge is 0.332 e. The second kappa shape index (κ2) is 6.37. The van der Waals surface area contributed by atoms with Gasteiger partial charge in [0.1, 0.15) is 0 Å². The van der Waals surface area contributed by atoms with Gasteiger partial charge >= 0.3 is 0 Å². The molecular weight excluding hydrogens is 292 g/mol. The van der Waals surface area contributed by atoms with Crippen molar-refractivity contribution in [3.05, 3.63) is 78.4 Å². The molecule has 0 bridgehead atoms. The Kier molecular flexibility index (Phi) is 4.12. The molecule has 22 heavy (non-hydrogen) atoms. The van der Waals surface area contributed by atoms with Crippen molar-refractivity contribution in [2.75, 3.05) is 5.32 Å². The van der Waals surface area contributed by atoms with Crippen molar-refractivity contribution in [1.29, 1.82) is 0 Å². The maximum absolute atomic E-state index is 12.0. The molecule has 0 aliphatic heterocycles. The Labute approximate surface area is 134 Å². The van der Waals surface area contributed by atoms with Crippen LogP contribution < -0.4 is 10.6 Å². The number of hydrogen-bond acceptors (Lipinski definition) is 2. The fourth-order valence-corrected chi connectivity index (χ4v) is 2.40. The van der Waals surface area contributed by atoms with Crippen LogP contribution in [0.4, 0.5) is 5.69 Å². The van der Waals surface area contributed by atoms with Crippen LogP contribution in [0.5, 0.6) is 0 Å². The summed E-state index contributed by atoms with van der Waals surface area (Å²) in [4.78, 5) is 12.0. The van der Waals surface area contributed by atoms with Gasteiger partial charge in [-0.15, -0.1) is 0 Å². The number of amides is 1. The first-order chi connectivity index (χ1) is 10.7. The van der Waals surface area contributed by atoms with Crippen molar-refractivity contribution in [2.24, 2.45) is 0 Å². The minimum atomic E-state index is -0.223. The second-order valence-corrected chi connectivity index (χ2v) is 5.24. The van der Waals surface area contributed by atoms with E-state index in [1.807, 2.05) is 54.6 Å². The Hall–Kier alpha value is -2.72. The Morgan fingerprint density at radius 2 is 1.50 bits per heavy atom.